The summed E-state index contributed by atoms with van der Waals surface area (Å²) in [6, 6.07) is 14.5. The maximum Gasteiger partial charge on any atom is 0.259 e. The quantitative estimate of drug-likeness (QED) is 0.323. The van der Waals surface area contributed by atoms with E-state index >= 15 is 0 Å². The van der Waals surface area contributed by atoms with E-state index in [9.17, 15) is 4.79 Å². The van der Waals surface area contributed by atoms with E-state index in [1.165, 1.54) is 9.13 Å². The summed E-state index contributed by atoms with van der Waals surface area (Å²) < 4.78 is 1.17. The van der Waals surface area contributed by atoms with E-state index in [-0.39, 0.29) is 12.5 Å². The summed E-state index contributed by atoms with van der Waals surface area (Å²) in [5.41, 5.74) is 8.02. The van der Waals surface area contributed by atoms with Crippen LogP contribution in [0.2, 0.25) is 0 Å². The number of rotatable bonds is 7. The van der Waals surface area contributed by atoms with Crippen molar-refractivity contribution in [3.8, 4) is 0 Å². The number of anilines is 1. The van der Waals surface area contributed by atoms with Gasteiger partial charge in [0.1, 0.15) is 0 Å². The van der Waals surface area contributed by atoms with Crippen LogP contribution in [0.1, 0.15) is 43.4 Å². The lowest BCUT2D eigenvalue weighted by Crippen LogP contribution is -2.26. The fraction of sp³-hybridized carbons (Fsp3) is 0.273. The number of aryl methyl sites for hydroxylation is 1. The third-order valence-corrected chi connectivity index (χ3v) is 4.75. The van der Waals surface area contributed by atoms with Crippen molar-refractivity contribution in [2.24, 2.45) is 5.10 Å². The Kier molecular flexibility index (Phi) is 8.03. The van der Waals surface area contributed by atoms with Crippen molar-refractivity contribution in [2.75, 3.05) is 11.9 Å². The molecule has 2 aromatic carbocycles. The van der Waals surface area contributed by atoms with Gasteiger partial charge in [-0.1, -0.05) is 44.2 Å². The van der Waals surface area contributed by atoms with Crippen LogP contribution in [0.3, 0.4) is 0 Å². The van der Waals surface area contributed by atoms with Crippen LogP contribution in [0.15, 0.2) is 53.1 Å². The molecule has 0 aromatic heterocycles. The molecule has 0 aliphatic carbocycles. The number of nitrogens with one attached hydrogen (secondary N) is 2. The van der Waals surface area contributed by atoms with Crippen molar-refractivity contribution in [1.82, 2.24) is 5.43 Å². The zero-order valence-corrected chi connectivity index (χ0v) is 18.4. The van der Waals surface area contributed by atoms with Gasteiger partial charge in [0.05, 0.1) is 12.8 Å². The van der Waals surface area contributed by atoms with Gasteiger partial charge in [0.25, 0.3) is 5.91 Å². The number of benzene rings is 2. The molecule has 0 saturated heterocycles. The second-order valence-corrected chi connectivity index (χ2v) is 8.06. The van der Waals surface area contributed by atoms with Crippen molar-refractivity contribution in [2.45, 2.75) is 33.6 Å². The van der Waals surface area contributed by atoms with E-state index in [4.69, 9.17) is 0 Å². The predicted molar refractivity (Wildman–Crippen MR) is 123 cm³/mol. The smallest absolute Gasteiger partial charge is 0.259 e. The second-order valence-electron chi connectivity index (χ2n) is 6.82. The topological polar surface area (TPSA) is 53.5 Å². The van der Waals surface area contributed by atoms with E-state index < -0.39 is 0 Å². The lowest BCUT2D eigenvalue weighted by molar-refractivity contribution is -0.119. The van der Waals surface area contributed by atoms with Crippen molar-refractivity contribution in [1.29, 1.82) is 0 Å². The predicted octanol–water partition coefficient (Wildman–Crippen LogP) is 5.34. The summed E-state index contributed by atoms with van der Waals surface area (Å²) in [5.74, 6) is 0.344. The molecule has 0 fully saturated rings. The zero-order chi connectivity index (χ0) is 19.8. The summed E-state index contributed by atoms with van der Waals surface area (Å²) >= 11 is 2.27. The molecule has 0 bridgehead atoms. The molecule has 0 spiro atoms. The monoisotopic (exact) mass is 475 g/mol. The molecule has 2 aromatic rings. The number of halogens is 1. The van der Waals surface area contributed by atoms with Gasteiger partial charge >= 0.3 is 0 Å². The Hall–Kier alpha value is -2.15. The first kappa shape index (κ1) is 21.2. The minimum atomic E-state index is -0.182. The molecule has 2 N–H and O–H groups in total. The Morgan fingerprint density at radius 2 is 1.89 bits per heavy atom. The van der Waals surface area contributed by atoms with Crippen LogP contribution < -0.4 is 10.7 Å². The Balaban J connectivity index is 1.83. The molecule has 142 valence electrons. The van der Waals surface area contributed by atoms with Crippen molar-refractivity contribution in [3.05, 3.63) is 68.3 Å². The molecule has 5 heteroatoms. The van der Waals surface area contributed by atoms with E-state index in [0.29, 0.717) is 5.92 Å². The molecule has 0 heterocycles. The van der Waals surface area contributed by atoms with E-state index in [0.717, 1.165) is 22.4 Å². The van der Waals surface area contributed by atoms with Crippen LogP contribution in [-0.4, -0.2) is 18.7 Å². The summed E-state index contributed by atoms with van der Waals surface area (Å²) in [6.45, 7) is 8.51. The first-order chi connectivity index (χ1) is 12.8. The largest absolute Gasteiger partial charge is 0.376 e. The Morgan fingerprint density at radius 1 is 1.19 bits per heavy atom. The first-order valence-electron chi connectivity index (χ1n) is 8.95. The number of hydrogen-bond donors (Lipinski definition) is 2. The molecule has 0 radical (unpaired) electrons. The molecular formula is C22H26IN3O. The summed E-state index contributed by atoms with van der Waals surface area (Å²) in [5, 5.41) is 7.16. The van der Waals surface area contributed by atoms with E-state index in [2.05, 4.69) is 82.6 Å². The van der Waals surface area contributed by atoms with Gasteiger partial charge in [-0.25, -0.2) is 5.43 Å². The number of allylic oxidation sites excluding steroid dienone is 1. The van der Waals surface area contributed by atoms with Crippen LogP contribution in [0.5, 0.6) is 0 Å². The maximum absolute atomic E-state index is 11.9. The molecule has 0 saturated carbocycles. The van der Waals surface area contributed by atoms with Crippen molar-refractivity contribution >= 4 is 46.5 Å². The number of nitrogens with zero attached hydrogens (tertiary/aromatic N) is 1. The SMILES string of the molecule is CC(/C=N\NC(=O)CNc1ccc(I)cc1C)=C\c1ccc(C(C)C)cc1. The van der Waals surface area contributed by atoms with Gasteiger partial charge in [-0.2, -0.15) is 5.10 Å². The van der Waals surface area contributed by atoms with Crippen LogP contribution in [0, 0.1) is 10.5 Å². The fourth-order valence-corrected chi connectivity index (χ4v) is 3.17. The van der Waals surface area contributed by atoms with Crippen LogP contribution in [0.25, 0.3) is 6.08 Å². The maximum atomic E-state index is 11.9. The lowest BCUT2D eigenvalue weighted by atomic mass is 10.0. The minimum Gasteiger partial charge on any atom is -0.376 e. The van der Waals surface area contributed by atoms with Crippen LogP contribution >= 0.6 is 22.6 Å². The van der Waals surface area contributed by atoms with Crippen molar-refractivity contribution in [3.63, 3.8) is 0 Å². The molecule has 27 heavy (non-hydrogen) atoms. The third-order valence-electron chi connectivity index (χ3n) is 4.08. The number of hydrazone groups is 1. The Bertz CT molecular complexity index is 839. The highest BCUT2D eigenvalue weighted by molar-refractivity contribution is 14.1. The average molecular weight is 475 g/mol. The number of amides is 1. The molecule has 0 atom stereocenters. The molecule has 4 nitrogen and oxygen atoms in total. The van der Waals surface area contributed by atoms with Gasteiger partial charge in [-0.05, 0) is 82.8 Å². The Morgan fingerprint density at radius 3 is 2.52 bits per heavy atom. The molecule has 1 amide bonds. The standard InChI is InChI=1S/C22H26IN3O/c1-15(2)19-7-5-18(6-8-19)11-16(3)13-25-26-22(27)14-24-21-10-9-20(23)12-17(21)4/h5-13,15,24H,14H2,1-4H3,(H,26,27)/b16-11+,25-13-. The third kappa shape index (κ3) is 7.17. The molecule has 0 aliphatic rings. The molecular weight excluding hydrogens is 449 g/mol. The Labute approximate surface area is 175 Å². The van der Waals surface area contributed by atoms with Crippen LogP contribution in [0.4, 0.5) is 5.69 Å². The number of carbonyl (C=O) groups is 1. The minimum absolute atomic E-state index is 0.179. The highest BCUT2D eigenvalue weighted by Gasteiger charge is 2.02. The number of hydrogen-bond acceptors (Lipinski definition) is 3. The fourth-order valence-electron chi connectivity index (χ4n) is 2.52. The van der Waals surface area contributed by atoms with Gasteiger partial charge in [0.2, 0.25) is 0 Å². The molecule has 0 unspecified atom stereocenters. The normalized spacial score (nSPS) is 11.9. The van der Waals surface area contributed by atoms with Gasteiger partial charge in [0.15, 0.2) is 0 Å². The highest BCUT2D eigenvalue weighted by atomic mass is 127. The number of carbonyl (C=O) groups excluding carboxylic acids is 1. The van der Waals surface area contributed by atoms with Crippen molar-refractivity contribution < 1.29 is 4.79 Å². The lowest BCUT2D eigenvalue weighted by Gasteiger charge is -2.08. The first-order valence-corrected chi connectivity index (χ1v) is 10.0. The summed E-state index contributed by atoms with van der Waals surface area (Å²) in [4.78, 5) is 11.9. The van der Waals surface area contributed by atoms with E-state index in [1.54, 1.807) is 6.21 Å². The zero-order valence-electron chi connectivity index (χ0n) is 16.2. The van der Waals surface area contributed by atoms with Gasteiger partial charge in [-0.15, -0.1) is 0 Å². The highest BCUT2D eigenvalue weighted by Crippen LogP contribution is 2.17. The second kappa shape index (κ2) is 10.3. The summed E-state index contributed by atoms with van der Waals surface area (Å²) in [7, 11) is 0. The van der Waals surface area contributed by atoms with Crippen LogP contribution in [-0.2, 0) is 4.79 Å². The summed E-state index contributed by atoms with van der Waals surface area (Å²) in [6.07, 6.45) is 3.69. The van der Waals surface area contributed by atoms with E-state index in [1.807, 2.05) is 32.1 Å². The molecule has 0 aliphatic heterocycles. The van der Waals surface area contributed by atoms with Gasteiger partial charge in [-0.3, -0.25) is 4.79 Å². The van der Waals surface area contributed by atoms with Gasteiger partial charge < -0.3 is 5.32 Å². The average Bonchev–Trinajstić information content (AvgIpc) is 2.61. The molecule has 2 rings (SSSR count). The van der Waals surface area contributed by atoms with Gasteiger partial charge in [0, 0.05) is 9.26 Å².